The van der Waals surface area contributed by atoms with Gasteiger partial charge in [-0.05, 0) is 44.0 Å². The summed E-state index contributed by atoms with van der Waals surface area (Å²) < 4.78 is 11.1. The lowest BCUT2D eigenvalue weighted by Crippen LogP contribution is -2.33. The fourth-order valence-electron chi connectivity index (χ4n) is 2.87. The Kier molecular flexibility index (Phi) is 5.91. The van der Waals surface area contributed by atoms with Gasteiger partial charge in [-0.1, -0.05) is 6.07 Å². The van der Waals surface area contributed by atoms with E-state index in [1.807, 2.05) is 25.1 Å². The first kappa shape index (κ1) is 16.9. The number of amides is 1. The van der Waals surface area contributed by atoms with E-state index in [9.17, 15) is 4.79 Å². The molecule has 0 saturated carbocycles. The predicted molar refractivity (Wildman–Crippen MR) is 86.9 cm³/mol. The van der Waals surface area contributed by atoms with Crippen molar-refractivity contribution in [2.24, 2.45) is 0 Å². The topological polar surface area (TPSA) is 59.6 Å². The van der Waals surface area contributed by atoms with Crippen LogP contribution in [0, 0.1) is 0 Å². The molecule has 0 spiro atoms. The Hall–Kier alpha value is -1.46. The number of ether oxygens (including phenoxy) is 2. The third kappa shape index (κ3) is 4.05. The van der Waals surface area contributed by atoms with Crippen LogP contribution in [0.25, 0.3) is 0 Å². The Balaban J connectivity index is 0.00000176. The lowest BCUT2D eigenvalue weighted by atomic mass is 10.1. The molecule has 1 aromatic rings. The minimum Gasteiger partial charge on any atom is -0.486 e. The van der Waals surface area contributed by atoms with Crippen molar-refractivity contribution in [3.05, 3.63) is 23.8 Å². The quantitative estimate of drug-likeness (QED) is 0.890. The van der Waals surface area contributed by atoms with Crippen LogP contribution in [0.2, 0.25) is 0 Å². The van der Waals surface area contributed by atoms with Crippen molar-refractivity contribution in [1.29, 1.82) is 0 Å². The average Bonchev–Trinajstić information content (AvgIpc) is 2.99. The first-order valence-corrected chi connectivity index (χ1v) is 7.64. The summed E-state index contributed by atoms with van der Waals surface area (Å²) in [7, 11) is 0. The van der Waals surface area contributed by atoms with Gasteiger partial charge in [0.15, 0.2) is 11.5 Å². The van der Waals surface area contributed by atoms with Gasteiger partial charge in [0.1, 0.15) is 13.2 Å². The number of nitrogens with one attached hydrogen (secondary N) is 2. The third-order valence-electron chi connectivity index (χ3n) is 4.04. The highest BCUT2D eigenvalue weighted by atomic mass is 35.5. The molecule has 1 saturated heterocycles. The molecule has 0 bridgehead atoms. The molecule has 3 rings (SSSR count). The molecule has 5 nitrogen and oxygen atoms in total. The SMILES string of the molecule is CC(NC(=O)CC1CCCN1)c1ccc2c(c1)OCCO2.Cl. The van der Waals surface area contributed by atoms with Gasteiger partial charge < -0.3 is 20.1 Å². The van der Waals surface area contributed by atoms with Crippen LogP contribution in [0.1, 0.15) is 37.8 Å². The first-order chi connectivity index (χ1) is 10.2. The number of carbonyl (C=O) groups excluding carboxylic acids is 1. The number of hydrogen-bond acceptors (Lipinski definition) is 4. The zero-order valence-electron chi connectivity index (χ0n) is 12.8. The fraction of sp³-hybridized carbons (Fsp3) is 0.562. The summed E-state index contributed by atoms with van der Waals surface area (Å²) in [6.07, 6.45) is 2.80. The van der Waals surface area contributed by atoms with E-state index in [1.165, 1.54) is 0 Å². The van der Waals surface area contributed by atoms with E-state index in [0.29, 0.717) is 25.7 Å². The molecular weight excluding hydrogens is 304 g/mol. The average molecular weight is 327 g/mol. The van der Waals surface area contributed by atoms with Crippen molar-refractivity contribution in [2.45, 2.75) is 38.3 Å². The number of halogens is 1. The Bertz CT molecular complexity index is 518. The van der Waals surface area contributed by atoms with Crippen LogP contribution in [0.3, 0.4) is 0 Å². The highest BCUT2D eigenvalue weighted by molar-refractivity contribution is 5.85. The molecule has 1 aromatic carbocycles. The third-order valence-corrected chi connectivity index (χ3v) is 4.04. The molecule has 6 heteroatoms. The summed E-state index contributed by atoms with van der Waals surface area (Å²) in [6.45, 7) is 4.18. The second-order valence-corrected chi connectivity index (χ2v) is 5.69. The monoisotopic (exact) mass is 326 g/mol. The highest BCUT2D eigenvalue weighted by Gasteiger charge is 2.20. The summed E-state index contributed by atoms with van der Waals surface area (Å²) in [5.41, 5.74) is 1.03. The molecule has 1 fully saturated rings. The van der Waals surface area contributed by atoms with E-state index < -0.39 is 0 Å². The van der Waals surface area contributed by atoms with Gasteiger partial charge >= 0.3 is 0 Å². The maximum absolute atomic E-state index is 12.1. The van der Waals surface area contributed by atoms with Crippen molar-refractivity contribution in [3.63, 3.8) is 0 Å². The number of fused-ring (bicyclic) bond motifs is 1. The summed E-state index contributed by atoms with van der Waals surface area (Å²) >= 11 is 0. The molecule has 2 aliphatic rings. The Morgan fingerprint density at radius 3 is 2.86 bits per heavy atom. The van der Waals surface area contributed by atoms with Crippen molar-refractivity contribution in [2.75, 3.05) is 19.8 Å². The van der Waals surface area contributed by atoms with Crippen molar-refractivity contribution >= 4 is 18.3 Å². The second-order valence-electron chi connectivity index (χ2n) is 5.69. The van der Waals surface area contributed by atoms with Crippen LogP contribution in [0.15, 0.2) is 18.2 Å². The zero-order valence-corrected chi connectivity index (χ0v) is 13.6. The standard InChI is InChI=1S/C16H22N2O3.ClH/c1-11(18-16(19)10-13-3-2-6-17-13)12-4-5-14-15(9-12)21-8-7-20-14;/h4-5,9,11,13,17H,2-3,6-8,10H2,1H3,(H,18,19);1H. The van der Waals surface area contributed by atoms with Gasteiger partial charge in [0, 0.05) is 12.5 Å². The zero-order chi connectivity index (χ0) is 14.7. The predicted octanol–water partition coefficient (Wildman–Crippen LogP) is 2.20. The summed E-state index contributed by atoms with van der Waals surface area (Å²) in [4.78, 5) is 12.1. The van der Waals surface area contributed by atoms with E-state index in [4.69, 9.17) is 9.47 Å². The second kappa shape index (κ2) is 7.70. The van der Waals surface area contributed by atoms with Crippen LogP contribution in [0.4, 0.5) is 0 Å². The molecule has 2 atom stereocenters. The van der Waals surface area contributed by atoms with Gasteiger partial charge in [-0.25, -0.2) is 0 Å². The van der Waals surface area contributed by atoms with Gasteiger partial charge in [0.2, 0.25) is 5.91 Å². The van der Waals surface area contributed by atoms with Gasteiger partial charge in [0.05, 0.1) is 6.04 Å². The first-order valence-electron chi connectivity index (χ1n) is 7.64. The van der Waals surface area contributed by atoms with Crippen LogP contribution < -0.4 is 20.1 Å². The highest BCUT2D eigenvalue weighted by Crippen LogP contribution is 2.32. The minimum atomic E-state index is -0.0327. The summed E-state index contributed by atoms with van der Waals surface area (Å²) in [5.74, 6) is 1.63. The largest absolute Gasteiger partial charge is 0.486 e. The van der Waals surface area contributed by atoms with Crippen LogP contribution >= 0.6 is 12.4 Å². The van der Waals surface area contributed by atoms with Crippen LogP contribution in [-0.4, -0.2) is 31.7 Å². The van der Waals surface area contributed by atoms with Crippen molar-refractivity contribution < 1.29 is 14.3 Å². The number of rotatable bonds is 4. The molecule has 2 unspecified atom stereocenters. The Labute approximate surface area is 137 Å². The summed E-state index contributed by atoms with van der Waals surface area (Å²) in [6, 6.07) is 6.14. The summed E-state index contributed by atoms with van der Waals surface area (Å²) in [5, 5.41) is 6.40. The molecule has 2 heterocycles. The Morgan fingerprint density at radius 1 is 1.36 bits per heavy atom. The maximum atomic E-state index is 12.1. The molecular formula is C16H23ClN2O3. The number of benzene rings is 1. The van der Waals surface area contributed by atoms with E-state index in [1.54, 1.807) is 0 Å². The van der Waals surface area contributed by atoms with E-state index in [0.717, 1.165) is 36.4 Å². The van der Waals surface area contributed by atoms with E-state index >= 15 is 0 Å². The minimum absolute atomic E-state index is 0. The lowest BCUT2D eigenvalue weighted by Gasteiger charge is -2.21. The van der Waals surface area contributed by atoms with Crippen molar-refractivity contribution in [3.8, 4) is 11.5 Å². The molecule has 0 aliphatic carbocycles. The van der Waals surface area contributed by atoms with E-state index in [2.05, 4.69) is 10.6 Å². The van der Waals surface area contributed by atoms with Gasteiger partial charge in [-0.2, -0.15) is 0 Å². The van der Waals surface area contributed by atoms with E-state index in [-0.39, 0.29) is 24.4 Å². The smallest absolute Gasteiger partial charge is 0.222 e. The maximum Gasteiger partial charge on any atom is 0.222 e. The normalized spacial score (nSPS) is 20.9. The van der Waals surface area contributed by atoms with Gasteiger partial charge in [0.25, 0.3) is 0 Å². The number of hydrogen-bond donors (Lipinski definition) is 2. The van der Waals surface area contributed by atoms with Crippen molar-refractivity contribution in [1.82, 2.24) is 10.6 Å². The molecule has 0 aromatic heterocycles. The molecule has 0 radical (unpaired) electrons. The molecule has 1 amide bonds. The Morgan fingerprint density at radius 2 is 2.14 bits per heavy atom. The fourth-order valence-corrected chi connectivity index (χ4v) is 2.87. The molecule has 122 valence electrons. The van der Waals surface area contributed by atoms with Crippen LogP contribution in [-0.2, 0) is 4.79 Å². The molecule has 22 heavy (non-hydrogen) atoms. The molecule has 2 N–H and O–H groups in total. The molecule has 2 aliphatic heterocycles. The lowest BCUT2D eigenvalue weighted by molar-refractivity contribution is -0.122. The van der Waals surface area contributed by atoms with Crippen LogP contribution in [0.5, 0.6) is 11.5 Å². The van der Waals surface area contributed by atoms with Gasteiger partial charge in [-0.3, -0.25) is 4.79 Å². The van der Waals surface area contributed by atoms with Gasteiger partial charge in [-0.15, -0.1) is 12.4 Å². The number of carbonyl (C=O) groups is 1.